The molecule has 0 saturated carbocycles. The number of aromatic nitrogens is 2. The minimum atomic E-state index is 0.665. The third-order valence-electron chi connectivity index (χ3n) is 3.42. The third-order valence-corrected chi connectivity index (χ3v) is 3.42. The van der Waals surface area contributed by atoms with Gasteiger partial charge in [-0.3, -0.25) is 0 Å². The van der Waals surface area contributed by atoms with Crippen LogP contribution in [0.5, 0.6) is 0 Å². The summed E-state index contributed by atoms with van der Waals surface area (Å²) >= 11 is 0. The second kappa shape index (κ2) is 5.36. The van der Waals surface area contributed by atoms with Gasteiger partial charge in [0.15, 0.2) is 0 Å². The predicted octanol–water partition coefficient (Wildman–Crippen LogP) is 2.69. The highest BCUT2D eigenvalue weighted by molar-refractivity contribution is 5.58. The lowest BCUT2D eigenvalue weighted by atomic mass is 10.1. The van der Waals surface area contributed by atoms with Gasteiger partial charge in [-0.15, -0.1) is 0 Å². The number of aryl methyl sites for hydroxylation is 2. The second-order valence-electron chi connectivity index (χ2n) is 4.66. The Hall–Kier alpha value is -1.61. The summed E-state index contributed by atoms with van der Waals surface area (Å²) in [7, 11) is 0. The van der Waals surface area contributed by atoms with Crippen LogP contribution in [0.3, 0.4) is 0 Å². The molecule has 0 aliphatic heterocycles. The molecule has 96 valence electrons. The number of rotatable bonds is 4. The average Bonchev–Trinajstić information content (AvgIpc) is 2.76. The molecule has 3 nitrogen and oxygen atoms in total. The minimum Gasteiger partial charge on any atom is -0.330 e. The van der Waals surface area contributed by atoms with E-state index in [2.05, 4.69) is 48.5 Å². The normalized spacial score (nSPS) is 10.9. The molecule has 3 heteroatoms. The lowest BCUT2D eigenvalue weighted by Gasteiger charge is -2.10. The summed E-state index contributed by atoms with van der Waals surface area (Å²) in [6.45, 7) is 8.01. The standard InChI is InChI=1S/C15H21N3/c1-4-18-14(7-8-16)10-17-15(18)13-6-5-11(2)12(3)9-13/h5-6,9-10H,4,7-8,16H2,1-3H3. The van der Waals surface area contributed by atoms with Crippen molar-refractivity contribution in [1.29, 1.82) is 0 Å². The van der Waals surface area contributed by atoms with E-state index in [0.717, 1.165) is 18.8 Å². The molecule has 0 bridgehead atoms. The number of nitrogens with two attached hydrogens (primary N) is 1. The Morgan fingerprint density at radius 2 is 2.00 bits per heavy atom. The van der Waals surface area contributed by atoms with Crippen LogP contribution >= 0.6 is 0 Å². The summed E-state index contributed by atoms with van der Waals surface area (Å²) in [4.78, 5) is 4.55. The number of hydrogen-bond donors (Lipinski definition) is 1. The van der Waals surface area contributed by atoms with Crippen molar-refractivity contribution in [2.75, 3.05) is 6.54 Å². The Morgan fingerprint density at radius 1 is 1.22 bits per heavy atom. The fourth-order valence-corrected chi connectivity index (χ4v) is 2.22. The molecule has 0 saturated heterocycles. The summed E-state index contributed by atoms with van der Waals surface area (Å²) in [6.07, 6.45) is 2.83. The van der Waals surface area contributed by atoms with E-state index in [9.17, 15) is 0 Å². The van der Waals surface area contributed by atoms with Crippen LogP contribution in [0.15, 0.2) is 24.4 Å². The summed E-state index contributed by atoms with van der Waals surface area (Å²) < 4.78 is 2.25. The molecular formula is C15H21N3. The Kier molecular flexibility index (Phi) is 3.82. The Balaban J connectivity index is 2.46. The van der Waals surface area contributed by atoms with Crippen molar-refractivity contribution in [3.8, 4) is 11.4 Å². The molecule has 0 amide bonds. The molecule has 0 aliphatic carbocycles. The number of imidazole rings is 1. The molecule has 0 fully saturated rings. The molecule has 0 aliphatic rings. The van der Waals surface area contributed by atoms with Crippen LogP contribution in [0.2, 0.25) is 0 Å². The quantitative estimate of drug-likeness (QED) is 0.897. The number of nitrogens with zero attached hydrogens (tertiary/aromatic N) is 2. The molecule has 2 N–H and O–H groups in total. The van der Waals surface area contributed by atoms with Gasteiger partial charge in [-0.2, -0.15) is 0 Å². The van der Waals surface area contributed by atoms with E-state index in [0.29, 0.717) is 6.54 Å². The van der Waals surface area contributed by atoms with Crippen molar-refractivity contribution < 1.29 is 0 Å². The van der Waals surface area contributed by atoms with Gasteiger partial charge in [-0.1, -0.05) is 12.1 Å². The maximum Gasteiger partial charge on any atom is 0.140 e. The van der Waals surface area contributed by atoms with Crippen LogP contribution in [0.25, 0.3) is 11.4 Å². The highest BCUT2D eigenvalue weighted by atomic mass is 15.1. The first kappa shape index (κ1) is 12.8. The first-order valence-corrected chi connectivity index (χ1v) is 6.49. The van der Waals surface area contributed by atoms with Gasteiger partial charge in [0, 0.05) is 30.4 Å². The highest BCUT2D eigenvalue weighted by Crippen LogP contribution is 2.22. The molecule has 18 heavy (non-hydrogen) atoms. The van der Waals surface area contributed by atoms with Gasteiger partial charge in [0.1, 0.15) is 5.82 Å². The van der Waals surface area contributed by atoms with Crippen LogP contribution < -0.4 is 5.73 Å². The van der Waals surface area contributed by atoms with Crippen LogP contribution in [-0.2, 0) is 13.0 Å². The van der Waals surface area contributed by atoms with Crippen molar-refractivity contribution in [1.82, 2.24) is 9.55 Å². The Bertz CT molecular complexity index is 541. The predicted molar refractivity (Wildman–Crippen MR) is 75.6 cm³/mol. The van der Waals surface area contributed by atoms with E-state index in [1.807, 2.05) is 6.20 Å². The van der Waals surface area contributed by atoms with E-state index in [4.69, 9.17) is 5.73 Å². The number of hydrogen-bond acceptors (Lipinski definition) is 2. The smallest absolute Gasteiger partial charge is 0.140 e. The van der Waals surface area contributed by atoms with Crippen molar-refractivity contribution in [2.24, 2.45) is 5.73 Å². The molecule has 1 aromatic carbocycles. The van der Waals surface area contributed by atoms with Gasteiger partial charge in [0.05, 0.1) is 0 Å². The summed E-state index contributed by atoms with van der Waals surface area (Å²) in [6, 6.07) is 6.50. The Labute approximate surface area is 109 Å². The Morgan fingerprint density at radius 3 is 2.61 bits per heavy atom. The highest BCUT2D eigenvalue weighted by Gasteiger charge is 2.10. The molecule has 2 aromatic rings. The first-order chi connectivity index (χ1) is 8.67. The molecule has 0 radical (unpaired) electrons. The lowest BCUT2D eigenvalue weighted by Crippen LogP contribution is -2.09. The van der Waals surface area contributed by atoms with Crippen molar-refractivity contribution in [3.05, 3.63) is 41.2 Å². The fourth-order valence-electron chi connectivity index (χ4n) is 2.22. The zero-order chi connectivity index (χ0) is 13.1. The molecule has 1 aromatic heterocycles. The SMILES string of the molecule is CCn1c(CCN)cnc1-c1ccc(C)c(C)c1. The van der Waals surface area contributed by atoms with E-state index in [1.54, 1.807) is 0 Å². The zero-order valence-electron chi connectivity index (χ0n) is 11.4. The third kappa shape index (κ3) is 2.31. The van der Waals surface area contributed by atoms with E-state index in [1.165, 1.54) is 22.4 Å². The zero-order valence-corrected chi connectivity index (χ0v) is 11.4. The van der Waals surface area contributed by atoms with Crippen LogP contribution in [0.4, 0.5) is 0 Å². The summed E-state index contributed by atoms with van der Waals surface area (Å²) in [5.41, 5.74) is 10.7. The van der Waals surface area contributed by atoms with Crippen molar-refractivity contribution >= 4 is 0 Å². The topological polar surface area (TPSA) is 43.8 Å². The maximum atomic E-state index is 5.63. The molecule has 0 spiro atoms. The monoisotopic (exact) mass is 243 g/mol. The first-order valence-electron chi connectivity index (χ1n) is 6.49. The van der Waals surface area contributed by atoms with Gasteiger partial charge in [-0.25, -0.2) is 4.98 Å². The van der Waals surface area contributed by atoms with Crippen molar-refractivity contribution in [2.45, 2.75) is 33.7 Å². The van der Waals surface area contributed by atoms with Crippen LogP contribution in [0, 0.1) is 13.8 Å². The second-order valence-corrected chi connectivity index (χ2v) is 4.66. The minimum absolute atomic E-state index is 0.665. The lowest BCUT2D eigenvalue weighted by molar-refractivity contribution is 0.714. The summed E-state index contributed by atoms with van der Waals surface area (Å²) in [5, 5.41) is 0. The van der Waals surface area contributed by atoms with Crippen molar-refractivity contribution in [3.63, 3.8) is 0 Å². The summed E-state index contributed by atoms with van der Waals surface area (Å²) in [5.74, 6) is 1.05. The van der Waals surface area contributed by atoms with Crippen LogP contribution in [0.1, 0.15) is 23.7 Å². The van der Waals surface area contributed by atoms with Gasteiger partial charge in [-0.05, 0) is 44.5 Å². The molecular weight excluding hydrogens is 222 g/mol. The van der Waals surface area contributed by atoms with E-state index >= 15 is 0 Å². The van der Waals surface area contributed by atoms with Crippen LogP contribution in [-0.4, -0.2) is 16.1 Å². The number of benzene rings is 1. The molecule has 2 rings (SSSR count). The molecule has 1 heterocycles. The van der Waals surface area contributed by atoms with Gasteiger partial charge < -0.3 is 10.3 Å². The molecule has 0 unspecified atom stereocenters. The fraction of sp³-hybridized carbons (Fsp3) is 0.400. The largest absolute Gasteiger partial charge is 0.330 e. The van der Waals surface area contributed by atoms with E-state index in [-0.39, 0.29) is 0 Å². The van der Waals surface area contributed by atoms with Gasteiger partial charge in [0.2, 0.25) is 0 Å². The van der Waals surface area contributed by atoms with Gasteiger partial charge in [0.25, 0.3) is 0 Å². The average molecular weight is 243 g/mol. The van der Waals surface area contributed by atoms with Gasteiger partial charge >= 0.3 is 0 Å². The molecule has 0 atom stereocenters. The van der Waals surface area contributed by atoms with E-state index < -0.39 is 0 Å². The maximum absolute atomic E-state index is 5.63.